The molecule has 2 saturated carbocycles. The Morgan fingerprint density at radius 3 is 1.69 bits per heavy atom. The Morgan fingerprint density at radius 1 is 0.744 bits per heavy atom. The van der Waals surface area contributed by atoms with Crippen molar-refractivity contribution in [3.8, 4) is 11.8 Å². The summed E-state index contributed by atoms with van der Waals surface area (Å²) in [5.74, 6) is 2.04. The van der Waals surface area contributed by atoms with Crippen molar-refractivity contribution in [1.82, 2.24) is 0 Å². The number of rotatable bonds is 6. The van der Waals surface area contributed by atoms with Crippen molar-refractivity contribution in [2.45, 2.75) is 63.2 Å². The van der Waals surface area contributed by atoms with Crippen molar-refractivity contribution in [2.24, 2.45) is 11.8 Å². The SMILES string of the molecule is N#Cc1c(F)cccc1OCC1CCC(c2ccc(Cl)cc2)CC1.OCC1CCC(c2ccc(Cl)cc2)CC1. The van der Waals surface area contributed by atoms with Gasteiger partial charge in [0.15, 0.2) is 0 Å². The third-order valence-electron chi connectivity index (χ3n) is 8.20. The van der Waals surface area contributed by atoms with E-state index in [1.54, 1.807) is 12.1 Å². The summed E-state index contributed by atoms with van der Waals surface area (Å²) in [6, 6.07) is 22.7. The lowest BCUT2D eigenvalue weighted by Crippen LogP contribution is -2.19. The van der Waals surface area contributed by atoms with Crippen LogP contribution in [0.5, 0.6) is 5.75 Å². The Hall–Kier alpha value is -2.58. The molecule has 39 heavy (non-hydrogen) atoms. The molecule has 1 N–H and O–H groups in total. The van der Waals surface area contributed by atoms with Gasteiger partial charge in [0.2, 0.25) is 0 Å². The first-order valence-electron chi connectivity index (χ1n) is 13.9. The molecule has 0 amide bonds. The Morgan fingerprint density at radius 2 is 1.23 bits per heavy atom. The molecule has 0 saturated heterocycles. The molecule has 2 aliphatic carbocycles. The first-order chi connectivity index (χ1) is 19.0. The lowest BCUT2D eigenvalue weighted by Gasteiger charge is -2.28. The highest BCUT2D eigenvalue weighted by Crippen LogP contribution is 2.37. The number of aliphatic hydroxyl groups is 1. The number of nitriles is 1. The molecule has 0 heterocycles. The molecule has 206 valence electrons. The van der Waals surface area contributed by atoms with Crippen molar-refractivity contribution >= 4 is 23.2 Å². The van der Waals surface area contributed by atoms with Gasteiger partial charge >= 0.3 is 0 Å². The fraction of sp³-hybridized carbons (Fsp3) is 0.424. The van der Waals surface area contributed by atoms with Gasteiger partial charge in [-0.1, -0.05) is 53.5 Å². The summed E-state index contributed by atoms with van der Waals surface area (Å²) in [5.41, 5.74) is 2.74. The van der Waals surface area contributed by atoms with E-state index in [0.717, 1.165) is 48.6 Å². The van der Waals surface area contributed by atoms with Crippen LogP contribution in [0.25, 0.3) is 0 Å². The van der Waals surface area contributed by atoms with Gasteiger partial charge in [-0.15, -0.1) is 0 Å². The molecule has 5 rings (SSSR count). The molecule has 0 unspecified atom stereocenters. The van der Waals surface area contributed by atoms with Gasteiger partial charge in [0.25, 0.3) is 0 Å². The Kier molecular flexibility index (Phi) is 11.1. The van der Waals surface area contributed by atoms with E-state index in [-0.39, 0.29) is 5.56 Å². The summed E-state index contributed by atoms with van der Waals surface area (Å²) < 4.78 is 19.3. The van der Waals surface area contributed by atoms with Crippen LogP contribution in [0.1, 0.15) is 79.9 Å². The quantitative estimate of drug-likeness (QED) is 0.322. The fourth-order valence-electron chi connectivity index (χ4n) is 5.75. The standard InChI is InChI=1S/C20H19ClFNO.C13H17ClO/c21-17-10-8-16(9-11-17)15-6-4-14(5-7-15)13-24-20-3-1-2-19(22)18(20)12-23;14-13-7-5-12(6-8-13)11-3-1-10(9-15)2-4-11/h1-3,8-11,14-15H,4-7,13H2;5-8,10-11,15H,1-4,9H2. The second-order valence-corrected chi connectivity index (χ2v) is 11.6. The molecule has 2 aliphatic rings. The van der Waals surface area contributed by atoms with Gasteiger partial charge in [0.1, 0.15) is 23.2 Å². The van der Waals surface area contributed by atoms with E-state index in [4.69, 9.17) is 38.3 Å². The molecule has 0 spiro atoms. The van der Waals surface area contributed by atoms with Crippen LogP contribution >= 0.6 is 23.2 Å². The first kappa shape index (κ1) is 29.4. The predicted octanol–water partition coefficient (Wildman–Crippen LogP) is 9.31. The van der Waals surface area contributed by atoms with Gasteiger partial charge in [0, 0.05) is 16.7 Å². The van der Waals surface area contributed by atoms with Crippen molar-refractivity contribution < 1.29 is 14.2 Å². The van der Waals surface area contributed by atoms with Crippen LogP contribution in [0, 0.1) is 29.0 Å². The molecule has 0 bridgehead atoms. The Labute approximate surface area is 241 Å². The number of ether oxygens (including phenoxy) is 1. The normalized spacial score (nSPS) is 22.7. The van der Waals surface area contributed by atoms with Gasteiger partial charge in [-0.2, -0.15) is 5.26 Å². The molecule has 3 aromatic rings. The highest BCUT2D eigenvalue weighted by molar-refractivity contribution is 6.30. The largest absolute Gasteiger partial charge is 0.492 e. The van der Waals surface area contributed by atoms with E-state index in [1.165, 1.54) is 30.0 Å². The Balaban J connectivity index is 0.000000202. The van der Waals surface area contributed by atoms with E-state index in [1.807, 2.05) is 30.3 Å². The second-order valence-electron chi connectivity index (χ2n) is 10.8. The average Bonchev–Trinajstić information content (AvgIpc) is 2.98. The maximum Gasteiger partial charge on any atom is 0.144 e. The summed E-state index contributed by atoms with van der Waals surface area (Å²) in [7, 11) is 0. The topological polar surface area (TPSA) is 53.2 Å². The fourth-order valence-corrected chi connectivity index (χ4v) is 6.00. The van der Waals surface area contributed by atoms with Crippen molar-refractivity contribution in [2.75, 3.05) is 13.2 Å². The van der Waals surface area contributed by atoms with E-state index < -0.39 is 5.82 Å². The average molecular weight is 569 g/mol. The molecule has 0 radical (unpaired) electrons. The van der Waals surface area contributed by atoms with Crippen LogP contribution in [0.3, 0.4) is 0 Å². The maximum atomic E-state index is 13.6. The van der Waals surface area contributed by atoms with Crippen LogP contribution < -0.4 is 4.74 Å². The molecule has 0 atom stereocenters. The number of halogens is 3. The minimum absolute atomic E-state index is 0.00708. The third-order valence-corrected chi connectivity index (χ3v) is 8.70. The Bertz CT molecular complexity index is 1210. The molecule has 6 heteroatoms. The molecule has 0 aliphatic heterocycles. The first-order valence-corrected chi connectivity index (χ1v) is 14.7. The summed E-state index contributed by atoms with van der Waals surface area (Å²) in [4.78, 5) is 0. The molecule has 3 nitrogen and oxygen atoms in total. The number of hydrogen-bond acceptors (Lipinski definition) is 3. The van der Waals surface area contributed by atoms with Crippen LogP contribution in [0.2, 0.25) is 10.0 Å². The summed E-state index contributed by atoms with van der Waals surface area (Å²) >= 11 is 11.8. The predicted molar refractivity (Wildman–Crippen MR) is 156 cm³/mol. The van der Waals surface area contributed by atoms with E-state index in [2.05, 4.69) is 24.3 Å². The zero-order valence-corrected chi connectivity index (χ0v) is 23.7. The van der Waals surface area contributed by atoms with Gasteiger partial charge in [0.05, 0.1) is 6.61 Å². The number of hydrogen-bond donors (Lipinski definition) is 1. The zero-order chi connectivity index (χ0) is 27.6. The van der Waals surface area contributed by atoms with Crippen molar-refractivity contribution in [3.63, 3.8) is 0 Å². The maximum absolute atomic E-state index is 13.6. The molecular weight excluding hydrogens is 532 g/mol. The highest BCUT2D eigenvalue weighted by atomic mass is 35.5. The lowest BCUT2D eigenvalue weighted by molar-refractivity contribution is 0.182. The minimum atomic E-state index is -0.526. The van der Waals surface area contributed by atoms with Gasteiger partial charge in [-0.3, -0.25) is 0 Å². The van der Waals surface area contributed by atoms with Crippen LogP contribution in [-0.2, 0) is 0 Å². The molecular formula is C33H36Cl2FNO2. The summed E-state index contributed by atoms with van der Waals surface area (Å²) in [6.07, 6.45) is 9.09. The van der Waals surface area contributed by atoms with Gasteiger partial charge < -0.3 is 9.84 Å². The number of aliphatic hydroxyl groups excluding tert-OH is 1. The van der Waals surface area contributed by atoms with E-state index in [9.17, 15) is 4.39 Å². The van der Waals surface area contributed by atoms with Crippen LogP contribution in [0.4, 0.5) is 4.39 Å². The van der Waals surface area contributed by atoms with E-state index >= 15 is 0 Å². The smallest absolute Gasteiger partial charge is 0.144 e. The minimum Gasteiger partial charge on any atom is -0.492 e. The van der Waals surface area contributed by atoms with Crippen LogP contribution in [0.15, 0.2) is 66.7 Å². The zero-order valence-electron chi connectivity index (χ0n) is 22.2. The third kappa shape index (κ3) is 8.45. The van der Waals surface area contributed by atoms with E-state index in [0.29, 0.717) is 42.6 Å². The second kappa shape index (κ2) is 14.7. The molecule has 2 fully saturated rings. The number of benzene rings is 3. The number of nitrogens with zero attached hydrogens (tertiary/aromatic N) is 1. The van der Waals surface area contributed by atoms with Gasteiger partial charge in [-0.25, -0.2) is 4.39 Å². The highest BCUT2D eigenvalue weighted by Gasteiger charge is 2.24. The van der Waals surface area contributed by atoms with Gasteiger partial charge in [-0.05, 0) is 123 Å². The van der Waals surface area contributed by atoms with Crippen molar-refractivity contribution in [1.29, 1.82) is 5.26 Å². The summed E-state index contributed by atoms with van der Waals surface area (Å²) in [5, 5.41) is 19.7. The monoisotopic (exact) mass is 567 g/mol. The molecule has 0 aromatic heterocycles. The molecule has 3 aromatic carbocycles. The summed E-state index contributed by atoms with van der Waals surface area (Å²) in [6.45, 7) is 0.888. The van der Waals surface area contributed by atoms with Crippen LogP contribution in [-0.4, -0.2) is 18.3 Å². The van der Waals surface area contributed by atoms with Crippen molar-refractivity contribution in [3.05, 3.63) is 99.3 Å². The lowest BCUT2D eigenvalue weighted by atomic mass is 9.79.